The molecule has 1 N–H and O–H groups in total. The first-order chi connectivity index (χ1) is 11.0. The summed E-state index contributed by atoms with van der Waals surface area (Å²) in [6, 6.07) is 10.8. The van der Waals surface area contributed by atoms with Crippen molar-refractivity contribution < 1.29 is 9.53 Å². The summed E-state index contributed by atoms with van der Waals surface area (Å²) in [5, 5.41) is 4.79. The summed E-state index contributed by atoms with van der Waals surface area (Å²) >= 11 is 11.8. The van der Waals surface area contributed by atoms with Gasteiger partial charge in [0.1, 0.15) is 5.75 Å². The Labute approximate surface area is 145 Å². The highest BCUT2D eigenvalue weighted by Crippen LogP contribution is 2.27. The highest BCUT2D eigenvalue weighted by atomic mass is 35.5. The van der Waals surface area contributed by atoms with Crippen LogP contribution < -0.4 is 10.2 Å². The minimum Gasteiger partial charge on any atom is -0.482 e. The van der Waals surface area contributed by atoms with Crippen LogP contribution in [0.25, 0.3) is 0 Å². The Kier molecular flexibility index (Phi) is 6.02. The maximum absolute atomic E-state index is 11.7. The van der Waals surface area contributed by atoms with Crippen molar-refractivity contribution in [3.63, 3.8) is 0 Å². The molecule has 0 fully saturated rings. The first kappa shape index (κ1) is 17.3. The molecule has 2 aromatic carbocycles. The highest BCUT2D eigenvalue weighted by Gasteiger charge is 2.05. The maximum atomic E-state index is 11.7. The smallest absolute Gasteiger partial charge is 0.277 e. The van der Waals surface area contributed by atoms with Crippen molar-refractivity contribution in [2.24, 2.45) is 5.10 Å². The first-order valence-electron chi connectivity index (χ1n) is 6.92. The van der Waals surface area contributed by atoms with E-state index in [1.807, 2.05) is 32.0 Å². The van der Waals surface area contributed by atoms with Crippen LogP contribution in [0.5, 0.6) is 5.75 Å². The van der Waals surface area contributed by atoms with E-state index in [0.29, 0.717) is 15.8 Å². The van der Waals surface area contributed by atoms with Crippen LogP contribution in [0.2, 0.25) is 10.0 Å². The van der Waals surface area contributed by atoms with Crippen LogP contribution in [0, 0.1) is 13.8 Å². The maximum Gasteiger partial charge on any atom is 0.277 e. The number of ether oxygens (including phenoxy) is 1. The Balaban J connectivity index is 1.87. The molecule has 0 atom stereocenters. The van der Waals surface area contributed by atoms with E-state index in [-0.39, 0.29) is 12.5 Å². The number of benzene rings is 2. The molecule has 1 amide bonds. The Bertz CT molecular complexity index is 745. The average molecular weight is 351 g/mol. The van der Waals surface area contributed by atoms with E-state index in [2.05, 4.69) is 10.5 Å². The van der Waals surface area contributed by atoms with Crippen LogP contribution in [0.1, 0.15) is 16.7 Å². The van der Waals surface area contributed by atoms with Gasteiger partial charge in [-0.25, -0.2) is 5.43 Å². The Hall–Kier alpha value is -2.04. The average Bonchev–Trinajstić information content (AvgIpc) is 2.50. The number of nitrogens with one attached hydrogen (secondary N) is 1. The Morgan fingerprint density at radius 2 is 2.00 bits per heavy atom. The summed E-state index contributed by atoms with van der Waals surface area (Å²) < 4.78 is 5.32. The SMILES string of the molecule is Cc1ccc(C)c(/C=N\NC(=O)COc2ccc(Cl)cc2Cl)c1. The van der Waals surface area contributed by atoms with Gasteiger partial charge in [0.2, 0.25) is 0 Å². The Morgan fingerprint density at radius 1 is 1.22 bits per heavy atom. The minimum atomic E-state index is -0.377. The molecule has 0 saturated carbocycles. The fourth-order valence-corrected chi connectivity index (χ4v) is 2.30. The van der Waals surface area contributed by atoms with Crippen LogP contribution >= 0.6 is 23.2 Å². The predicted octanol–water partition coefficient (Wildman–Crippen LogP) is 4.14. The van der Waals surface area contributed by atoms with Crippen LogP contribution in [0.15, 0.2) is 41.5 Å². The van der Waals surface area contributed by atoms with Gasteiger partial charge in [0.25, 0.3) is 5.91 Å². The van der Waals surface area contributed by atoms with E-state index in [9.17, 15) is 4.79 Å². The third-order valence-electron chi connectivity index (χ3n) is 3.08. The molecule has 0 radical (unpaired) electrons. The number of hydrazone groups is 1. The van der Waals surface area contributed by atoms with E-state index in [0.717, 1.165) is 16.7 Å². The second-order valence-corrected chi connectivity index (χ2v) is 5.86. The summed E-state index contributed by atoms with van der Waals surface area (Å²) in [6.45, 7) is 3.79. The number of carbonyl (C=O) groups is 1. The molecule has 0 aliphatic heterocycles. The molecule has 0 aliphatic rings. The molecular weight excluding hydrogens is 335 g/mol. The number of rotatable bonds is 5. The van der Waals surface area contributed by atoms with Crippen molar-refractivity contribution in [2.45, 2.75) is 13.8 Å². The highest BCUT2D eigenvalue weighted by molar-refractivity contribution is 6.35. The summed E-state index contributed by atoms with van der Waals surface area (Å²) in [6.07, 6.45) is 1.61. The lowest BCUT2D eigenvalue weighted by molar-refractivity contribution is -0.123. The number of hydrogen-bond donors (Lipinski definition) is 1. The second-order valence-electron chi connectivity index (χ2n) is 5.02. The summed E-state index contributed by atoms with van der Waals surface area (Å²) in [5.74, 6) is 0.0160. The topological polar surface area (TPSA) is 50.7 Å². The van der Waals surface area contributed by atoms with Gasteiger partial charge in [0.15, 0.2) is 6.61 Å². The lowest BCUT2D eigenvalue weighted by atomic mass is 10.1. The quantitative estimate of drug-likeness (QED) is 0.650. The largest absolute Gasteiger partial charge is 0.482 e. The molecule has 2 aromatic rings. The zero-order valence-electron chi connectivity index (χ0n) is 12.8. The predicted molar refractivity (Wildman–Crippen MR) is 93.6 cm³/mol. The van der Waals surface area contributed by atoms with Crippen LogP contribution in [0.3, 0.4) is 0 Å². The third-order valence-corrected chi connectivity index (χ3v) is 3.61. The molecule has 6 heteroatoms. The second kappa shape index (κ2) is 7.99. The zero-order chi connectivity index (χ0) is 16.8. The normalized spacial score (nSPS) is 10.8. The van der Waals surface area contributed by atoms with Gasteiger partial charge < -0.3 is 4.74 Å². The molecule has 0 unspecified atom stereocenters. The van der Waals surface area contributed by atoms with Gasteiger partial charge in [-0.05, 0) is 43.2 Å². The number of amides is 1. The fraction of sp³-hybridized carbons (Fsp3) is 0.176. The molecule has 0 saturated heterocycles. The molecular formula is C17H16Cl2N2O2. The van der Waals surface area contributed by atoms with Gasteiger partial charge in [0.05, 0.1) is 11.2 Å². The van der Waals surface area contributed by atoms with Gasteiger partial charge in [-0.2, -0.15) is 5.10 Å². The standard InChI is InChI=1S/C17H16Cl2N2O2/c1-11-3-4-12(2)13(7-11)9-20-21-17(22)10-23-16-6-5-14(18)8-15(16)19/h3-9H,10H2,1-2H3,(H,21,22)/b20-9-. The van der Waals surface area contributed by atoms with Gasteiger partial charge in [-0.15, -0.1) is 0 Å². The van der Waals surface area contributed by atoms with E-state index in [4.69, 9.17) is 27.9 Å². The van der Waals surface area contributed by atoms with E-state index < -0.39 is 0 Å². The molecule has 0 aromatic heterocycles. The molecule has 0 bridgehead atoms. The van der Waals surface area contributed by atoms with Gasteiger partial charge in [-0.1, -0.05) is 47.0 Å². The first-order valence-corrected chi connectivity index (χ1v) is 7.68. The number of hydrogen-bond acceptors (Lipinski definition) is 3. The molecule has 0 spiro atoms. The van der Waals surface area contributed by atoms with Crippen molar-refractivity contribution in [3.8, 4) is 5.75 Å². The summed E-state index contributed by atoms with van der Waals surface area (Å²) in [4.78, 5) is 11.7. The minimum absolute atomic E-state index is 0.189. The lowest BCUT2D eigenvalue weighted by Gasteiger charge is -2.07. The van der Waals surface area contributed by atoms with Crippen molar-refractivity contribution in [2.75, 3.05) is 6.61 Å². The van der Waals surface area contributed by atoms with Crippen molar-refractivity contribution in [1.82, 2.24) is 5.43 Å². The summed E-state index contributed by atoms with van der Waals surface area (Å²) in [7, 11) is 0. The van der Waals surface area contributed by atoms with E-state index in [1.54, 1.807) is 24.4 Å². The van der Waals surface area contributed by atoms with Gasteiger partial charge >= 0.3 is 0 Å². The molecule has 2 rings (SSSR count). The van der Waals surface area contributed by atoms with Crippen molar-refractivity contribution in [1.29, 1.82) is 0 Å². The third kappa shape index (κ3) is 5.27. The van der Waals surface area contributed by atoms with Crippen molar-refractivity contribution >= 4 is 35.3 Å². The molecule has 0 aliphatic carbocycles. The van der Waals surface area contributed by atoms with E-state index in [1.165, 1.54) is 0 Å². The van der Waals surface area contributed by atoms with Crippen LogP contribution in [0.4, 0.5) is 0 Å². The monoisotopic (exact) mass is 350 g/mol. The number of nitrogens with zero attached hydrogens (tertiary/aromatic N) is 1. The van der Waals surface area contributed by atoms with Crippen LogP contribution in [-0.2, 0) is 4.79 Å². The van der Waals surface area contributed by atoms with E-state index >= 15 is 0 Å². The van der Waals surface area contributed by atoms with Gasteiger partial charge in [0, 0.05) is 5.02 Å². The van der Waals surface area contributed by atoms with Crippen molar-refractivity contribution in [3.05, 3.63) is 63.1 Å². The fourth-order valence-electron chi connectivity index (χ4n) is 1.84. The molecule has 23 heavy (non-hydrogen) atoms. The number of carbonyl (C=O) groups excluding carboxylic acids is 1. The summed E-state index contributed by atoms with van der Waals surface area (Å²) in [5.41, 5.74) is 5.58. The van der Waals surface area contributed by atoms with Crippen LogP contribution in [-0.4, -0.2) is 18.7 Å². The number of halogens is 2. The zero-order valence-corrected chi connectivity index (χ0v) is 14.3. The van der Waals surface area contributed by atoms with Gasteiger partial charge in [-0.3, -0.25) is 4.79 Å². The number of aryl methyl sites for hydroxylation is 2. The Morgan fingerprint density at radius 3 is 2.74 bits per heavy atom. The molecule has 4 nitrogen and oxygen atoms in total. The molecule has 120 valence electrons. The lowest BCUT2D eigenvalue weighted by Crippen LogP contribution is -2.24. The molecule has 0 heterocycles.